The first-order chi connectivity index (χ1) is 15.8. The van der Waals surface area contributed by atoms with E-state index < -0.39 is 16.1 Å². The second kappa shape index (κ2) is 9.97. The maximum absolute atomic E-state index is 13.0. The molecule has 0 unspecified atom stereocenters. The van der Waals surface area contributed by atoms with Crippen LogP contribution in [-0.2, 0) is 19.6 Å². The van der Waals surface area contributed by atoms with Crippen molar-refractivity contribution in [2.75, 3.05) is 32.7 Å². The zero-order chi connectivity index (χ0) is 23.6. The van der Waals surface area contributed by atoms with E-state index in [2.05, 4.69) is 4.72 Å². The summed E-state index contributed by atoms with van der Waals surface area (Å²) in [5.41, 5.74) is 5.72. The summed E-state index contributed by atoms with van der Waals surface area (Å²) in [6.07, 6.45) is 2.76. The van der Waals surface area contributed by atoms with Gasteiger partial charge in [0.15, 0.2) is 0 Å². The van der Waals surface area contributed by atoms with Gasteiger partial charge in [-0.15, -0.1) is 0 Å². The lowest BCUT2D eigenvalue weighted by atomic mass is 9.97. The summed E-state index contributed by atoms with van der Waals surface area (Å²) in [6, 6.07) is 9.09. The molecule has 3 N–H and O–H groups in total. The van der Waals surface area contributed by atoms with Crippen LogP contribution in [-0.4, -0.2) is 68.8 Å². The number of nitrogens with zero attached hydrogens (tertiary/aromatic N) is 2. The number of sulfonamides is 1. The maximum Gasteiger partial charge on any atom is 0.242 e. The molecule has 178 valence electrons. The van der Waals surface area contributed by atoms with Gasteiger partial charge in [0.1, 0.15) is 6.04 Å². The standard InChI is InChI=1S/C23H29ClN4O4S/c24-19-5-3-18-13-20(6-4-17(18)12-19)33(31,32)26-21-2-1-9-28(23(21)30)15-22(29)27-10-7-16(14-25)8-11-27/h3-6,12-13,16,21,26H,1-2,7-11,14-15,25H2/t21-/m0/s1. The van der Waals surface area contributed by atoms with Crippen molar-refractivity contribution < 1.29 is 18.0 Å². The van der Waals surface area contributed by atoms with Crippen LogP contribution in [0.5, 0.6) is 0 Å². The molecule has 1 atom stereocenters. The molecule has 0 spiro atoms. The van der Waals surface area contributed by atoms with Crippen LogP contribution >= 0.6 is 11.6 Å². The zero-order valence-corrected chi connectivity index (χ0v) is 19.9. The van der Waals surface area contributed by atoms with E-state index in [4.69, 9.17) is 17.3 Å². The minimum atomic E-state index is -3.91. The molecule has 33 heavy (non-hydrogen) atoms. The van der Waals surface area contributed by atoms with Gasteiger partial charge >= 0.3 is 0 Å². The highest BCUT2D eigenvalue weighted by atomic mass is 35.5. The molecule has 2 aliphatic heterocycles. The van der Waals surface area contributed by atoms with Gasteiger partial charge in [-0.2, -0.15) is 4.72 Å². The number of nitrogens with two attached hydrogens (primary N) is 1. The van der Waals surface area contributed by atoms with E-state index in [9.17, 15) is 18.0 Å². The van der Waals surface area contributed by atoms with Crippen LogP contribution in [0.3, 0.4) is 0 Å². The Bertz CT molecular complexity index is 1150. The van der Waals surface area contributed by atoms with Crippen molar-refractivity contribution in [3.05, 3.63) is 41.4 Å². The minimum Gasteiger partial charge on any atom is -0.341 e. The highest BCUT2D eigenvalue weighted by Crippen LogP contribution is 2.24. The van der Waals surface area contributed by atoms with Crippen LogP contribution in [0.2, 0.25) is 5.02 Å². The Hall–Kier alpha value is -2.20. The molecule has 0 bridgehead atoms. The number of likely N-dealkylation sites (tertiary alicyclic amines) is 2. The van der Waals surface area contributed by atoms with Crippen molar-refractivity contribution in [2.45, 2.75) is 36.6 Å². The number of nitrogens with one attached hydrogen (secondary N) is 1. The number of benzene rings is 2. The number of hydrogen-bond donors (Lipinski definition) is 2. The third-order valence-corrected chi connectivity index (χ3v) is 8.24. The smallest absolute Gasteiger partial charge is 0.242 e. The number of rotatable bonds is 6. The Morgan fingerprint density at radius 1 is 1.06 bits per heavy atom. The summed E-state index contributed by atoms with van der Waals surface area (Å²) in [7, 11) is -3.91. The Balaban J connectivity index is 1.41. The zero-order valence-electron chi connectivity index (χ0n) is 18.4. The van der Waals surface area contributed by atoms with Crippen molar-refractivity contribution in [3.8, 4) is 0 Å². The van der Waals surface area contributed by atoms with E-state index in [0.717, 1.165) is 23.6 Å². The largest absolute Gasteiger partial charge is 0.341 e. The molecule has 2 aliphatic rings. The summed E-state index contributed by atoms with van der Waals surface area (Å²) in [5.74, 6) is -0.0188. The molecule has 8 nitrogen and oxygen atoms in total. The van der Waals surface area contributed by atoms with Gasteiger partial charge in [-0.25, -0.2) is 8.42 Å². The van der Waals surface area contributed by atoms with Crippen molar-refractivity contribution in [3.63, 3.8) is 0 Å². The van der Waals surface area contributed by atoms with Crippen LogP contribution in [0.25, 0.3) is 10.8 Å². The average molecular weight is 493 g/mol. The molecule has 0 aromatic heterocycles. The highest BCUT2D eigenvalue weighted by Gasteiger charge is 2.34. The quantitative estimate of drug-likeness (QED) is 0.640. The van der Waals surface area contributed by atoms with E-state index in [1.807, 2.05) is 0 Å². The van der Waals surface area contributed by atoms with Gasteiger partial charge in [0.25, 0.3) is 0 Å². The van der Waals surface area contributed by atoms with Gasteiger partial charge in [-0.1, -0.05) is 23.7 Å². The number of piperidine rings is 2. The highest BCUT2D eigenvalue weighted by molar-refractivity contribution is 7.89. The molecular weight excluding hydrogens is 464 g/mol. The summed E-state index contributed by atoms with van der Waals surface area (Å²) in [4.78, 5) is 29.0. The summed E-state index contributed by atoms with van der Waals surface area (Å²) < 4.78 is 28.5. The summed E-state index contributed by atoms with van der Waals surface area (Å²) >= 11 is 6.00. The lowest BCUT2D eigenvalue weighted by molar-refractivity contribution is -0.143. The van der Waals surface area contributed by atoms with Gasteiger partial charge < -0.3 is 15.5 Å². The molecule has 2 aromatic carbocycles. The van der Waals surface area contributed by atoms with E-state index >= 15 is 0 Å². The van der Waals surface area contributed by atoms with Crippen LogP contribution in [0, 0.1) is 5.92 Å². The number of carbonyl (C=O) groups excluding carboxylic acids is 2. The third-order valence-electron chi connectivity index (χ3n) is 6.54. The van der Waals surface area contributed by atoms with Gasteiger partial charge in [-0.3, -0.25) is 9.59 Å². The SMILES string of the molecule is NCC1CCN(C(=O)CN2CCC[C@H](NS(=O)(=O)c3ccc4cc(Cl)ccc4c3)C2=O)CC1. The molecule has 2 aromatic rings. The fourth-order valence-corrected chi connectivity index (χ4v) is 5.94. The second-order valence-electron chi connectivity index (χ2n) is 8.79. The van der Waals surface area contributed by atoms with E-state index in [1.54, 1.807) is 35.2 Å². The van der Waals surface area contributed by atoms with Crippen molar-refractivity contribution in [1.82, 2.24) is 14.5 Å². The number of halogens is 1. The molecular formula is C23H29ClN4O4S. The maximum atomic E-state index is 13.0. The number of fused-ring (bicyclic) bond motifs is 1. The van der Waals surface area contributed by atoms with Crippen LogP contribution in [0.15, 0.2) is 41.3 Å². The Kier molecular flexibility index (Phi) is 7.23. The molecule has 2 fully saturated rings. The van der Waals surface area contributed by atoms with Gasteiger partial charge in [0.05, 0.1) is 11.4 Å². The fraction of sp³-hybridized carbons (Fsp3) is 0.478. The second-order valence-corrected chi connectivity index (χ2v) is 10.9. The molecule has 4 rings (SSSR count). The Morgan fingerprint density at radius 3 is 2.48 bits per heavy atom. The predicted molar refractivity (Wildman–Crippen MR) is 127 cm³/mol. The van der Waals surface area contributed by atoms with Gasteiger partial charge in [0.2, 0.25) is 21.8 Å². The lowest BCUT2D eigenvalue weighted by Gasteiger charge is -2.36. The molecule has 0 saturated carbocycles. The number of amides is 2. The first-order valence-corrected chi connectivity index (χ1v) is 13.1. The van der Waals surface area contributed by atoms with Crippen molar-refractivity contribution in [1.29, 1.82) is 0 Å². The number of hydrogen-bond acceptors (Lipinski definition) is 5. The Labute approximate surface area is 199 Å². The molecule has 0 radical (unpaired) electrons. The average Bonchev–Trinajstić information content (AvgIpc) is 2.81. The predicted octanol–water partition coefficient (Wildman–Crippen LogP) is 1.96. The molecule has 0 aliphatic carbocycles. The van der Waals surface area contributed by atoms with Gasteiger partial charge in [-0.05, 0) is 73.2 Å². The van der Waals surface area contributed by atoms with E-state index in [-0.39, 0.29) is 23.3 Å². The minimum absolute atomic E-state index is 0.0267. The monoisotopic (exact) mass is 492 g/mol. The van der Waals surface area contributed by atoms with Crippen molar-refractivity contribution in [2.24, 2.45) is 11.7 Å². The first-order valence-electron chi connectivity index (χ1n) is 11.2. The third kappa shape index (κ3) is 5.48. The normalized spacial score (nSPS) is 20.4. The topological polar surface area (TPSA) is 113 Å². The van der Waals surface area contributed by atoms with Crippen molar-refractivity contribution >= 4 is 44.2 Å². The molecule has 2 amide bonds. The Morgan fingerprint density at radius 2 is 1.76 bits per heavy atom. The van der Waals surface area contributed by atoms with E-state index in [1.165, 1.54) is 11.0 Å². The number of carbonyl (C=O) groups is 2. The van der Waals surface area contributed by atoms with Crippen LogP contribution in [0.4, 0.5) is 0 Å². The fourth-order valence-electron chi connectivity index (χ4n) is 4.51. The lowest BCUT2D eigenvalue weighted by Crippen LogP contribution is -2.55. The summed E-state index contributed by atoms with van der Waals surface area (Å²) in [6.45, 7) is 2.33. The molecule has 2 heterocycles. The van der Waals surface area contributed by atoms with Gasteiger partial charge in [0, 0.05) is 24.7 Å². The molecule has 10 heteroatoms. The summed E-state index contributed by atoms with van der Waals surface area (Å²) in [5, 5.41) is 2.14. The first kappa shape index (κ1) is 23.9. The van der Waals surface area contributed by atoms with E-state index in [0.29, 0.717) is 50.0 Å². The molecule has 2 saturated heterocycles. The van der Waals surface area contributed by atoms with Crippen LogP contribution < -0.4 is 10.5 Å². The van der Waals surface area contributed by atoms with Crippen LogP contribution in [0.1, 0.15) is 25.7 Å².